The van der Waals surface area contributed by atoms with Gasteiger partial charge in [0.1, 0.15) is 5.69 Å². The molecule has 1 aromatic carbocycles. The summed E-state index contributed by atoms with van der Waals surface area (Å²) in [4.78, 5) is 37.3. The van der Waals surface area contributed by atoms with E-state index in [4.69, 9.17) is 11.6 Å². The van der Waals surface area contributed by atoms with Crippen molar-refractivity contribution in [3.8, 4) is 0 Å². The Morgan fingerprint density at radius 1 is 1.24 bits per heavy atom. The van der Waals surface area contributed by atoms with Crippen LogP contribution in [0.3, 0.4) is 0 Å². The minimum Gasteiger partial charge on any atom is -0.465 e. The summed E-state index contributed by atoms with van der Waals surface area (Å²) in [6, 6.07) is 8.59. The summed E-state index contributed by atoms with van der Waals surface area (Å²) in [5, 5.41) is 2.86. The number of aromatic amines is 1. The first-order valence-electron chi connectivity index (χ1n) is 5.90. The summed E-state index contributed by atoms with van der Waals surface area (Å²) in [5.41, 5.74) is 0.0396. The van der Waals surface area contributed by atoms with Gasteiger partial charge in [0.2, 0.25) is 5.56 Å². The average Bonchev–Trinajstić information content (AvgIpc) is 2.48. The van der Waals surface area contributed by atoms with E-state index in [1.165, 1.54) is 43.5 Å². The fourth-order valence-electron chi connectivity index (χ4n) is 1.67. The third-order valence-corrected chi connectivity index (χ3v) is 2.88. The lowest BCUT2D eigenvalue weighted by Crippen LogP contribution is -2.19. The van der Waals surface area contributed by atoms with Crippen LogP contribution < -0.4 is 10.9 Å². The van der Waals surface area contributed by atoms with E-state index in [0.717, 1.165) is 0 Å². The Balaban J connectivity index is 2.33. The number of H-pyrrole nitrogens is 1. The largest absolute Gasteiger partial charge is 0.465 e. The number of methoxy groups -OCH3 is 1. The minimum absolute atomic E-state index is 0.0771. The van der Waals surface area contributed by atoms with Crippen LogP contribution in [0.1, 0.15) is 20.8 Å². The predicted octanol–water partition coefficient (Wildman–Crippen LogP) is 2.07. The van der Waals surface area contributed by atoms with Crippen molar-refractivity contribution < 1.29 is 14.3 Å². The molecule has 7 heteroatoms. The van der Waals surface area contributed by atoms with Crippen molar-refractivity contribution >= 4 is 29.2 Å². The Labute approximate surface area is 124 Å². The van der Waals surface area contributed by atoms with E-state index in [2.05, 4.69) is 15.0 Å². The van der Waals surface area contributed by atoms with Crippen molar-refractivity contribution in [2.75, 3.05) is 12.4 Å². The second-order valence-electron chi connectivity index (χ2n) is 4.06. The molecule has 0 atom stereocenters. The van der Waals surface area contributed by atoms with Gasteiger partial charge >= 0.3 is 5.97 Å². The van der Waals surface area contributed by atoms with Gasteiger partial charge in [0.25, 0.3) is 5.91 Å². The van der Waals surface area contributed by atoms with Gasteiger partial charge in [-0.3, -0.25) is 9.59 Å². The van der Waals surface area contributed by atoms with Crippen molar-refractivity contribution in [3.63, 3.8) is 0 Å². The zero-order valence-electron chi connectivity index (χ0n) is 11.0. The summed E-state index contributed by atoms with van der Waals surface area (Å²) in [6.45, 7) is 0. The van der Waals surface area contributed by atoms with Gasteiger partial charge in [0, 0.05) is 11.1 Å². The molecule has 0 aliphatic heterocycles. The zero-order chi connectivity index (χ0) is 15.4. The molecule has 2 N–H and O–H groups in total. The molecule has 2 aromatic rings. The smallest absolute Gasteiger partial charge is 0.340 e. The molecule has 21 heavy (non-hydrogen) atoms. The minimum atomic E-state index is -0.630. The molecule has 2 rings (SSSR count). The Kier molecular flexibility index (Phi) is 4.39. The molecule has 1 aromatic heterocycles. The molecule has 0 bridgehead atoms. The lowest BCUT2D eigenvalue weighted by Gasteiger charge is -2.10. The van der Waals surface area contributed by atoms with Crippen LogP contribution >= 0.6 is 11.6 Å². The van der Waals surface area contributed by atoms with E-state index >= 15 is 0 Å². The molecule has 0 aliphatic carbocycles. The quantitative estimate of drug-likeness (QED) is 0.850. The average molecular weight is 307 g/mol. The number of esters is 1. The number of benzene rings is 1. The first-order valence-corrected chi connectivity index (χ1v) is 6.27. The number of amides is 1. The van der Waals surface area contributed by atoms with Crippen LogP contribution in [0.15, 0.2) is 41.2 Å². The van der Waals surface area contributed by atoms with E-state index in [9.17, 15) is 14.4 Å². The van der Waals surface area contributed by atoms with E-state index < -0.39 is 17.4 Å². The summed E-state index contributed by atoms with van der Waals surface area (Å²) in [7, 11) is 1.23. The molecule has 0 saturated carbocycles. The van der Waals surface area contributed by atoms with E-state index in [1.807, 2.05) is 0 Å². The Morgan fingerprint density at radius 2 is 2.00 bits per heavy atom. The zero-order valence-corrected chi connectivity index (χ0v) is 11.7. The molecule has 1 heterocycles. The van der Waals surface area contributed by atoms with Crippen LogP contribution in [0.5, 0.6) is 0 Å². The van der Waals surface area contributed by atoms with Crippen LogP contribution in [0.4, 0.5) is 5.69 Å². The standard InChI is InChI=1S/C14H11ClN2O4/c1-21-14(20)9-7-8(15)5-6-10(9)17-13(19)11-3-2-4-12(18)16-11/h2-7H,1H3,(H,16,18)(H,17,19). The van der Waals surface area contributed by atoms with Crippen LogP contribution in [0.2, 0.25) is 5.02 Å². The van der Waals surface area contributed by atoms with Gasteiger partial charge in [-0.25, -0.2) is 4.79 Å². The summed E-state index contributed by atoms with van der Waals surface area (Å²) >= 11 is 5.82. The second-order valence-corrected chi connectivity index (χ2v) is 4.50. The monoisotopic (exact) mass is 306 g/mol. The van der Waals surface area contributed by atoms with Gasteiger partial charge in [0.05, 0.1) is 18.4 Å². The SMILES string of the molecule is COC(=O)c1cc(Cl)ccc1NC(=O)c1cccc(=O)[nH]1. The van der Waals surface area contributed by atoms with Gasteiger partial charge in [-0.05, 0) is 24.3 Å². The number of carbonyl (C=O) groups is 2. The number of aromatic nitrogens is 1. The first kappa shape index (κ1) is 14.8. The molecule has 0 saturated heterocycles. The normalized spacial score (nSPS) is 10.0. The Bertz CT molecular complexity index is 755. The van der Waals surface area contributed by atoms with Crippen molar-refractivity contribution in [1.82, 2.24) is 4.98 Å². The molecule has 0 fully saturated rings. The number of anilines is 1. The number of ether oxygens (including phenoxy) is 1. The second kappa shape index (κ2) is 6.23. The number of rotatable bonds is 3. The molecular weight excluding hydrogens is 296 g/mol. The predicted molar refractivity (Wildman–Crippen MR) is 77.8 cm³/mol. The lowest BCUT2D eigenvalue weighted by atomic mass is 10.1. The molecule has 1 amide bonds. The molecule has 0 radical (unpaired) electrons. The lowest BCUT2D eigenvalue weighted by molar-refractivity contribution is 0.0602. The molecule has 0 aliphatic rings. The van der Waals surface area contributed by atoms with Crippen LogP contribution in [0.25, 0.3) is 0 Å². The number of hydrogen-bond acceptors (Lipinski definition) is 4. The fraction of sp³-hybridized carbons (Fsp3) is 0.0714. The topological polar surface area (TPSA) is 88.3 Å². The maximum atomic E-state index is 12.0. The highest BCUT2D eigenvalue weighted by atomic mass is 35.5. The van der Waals surface area contributed by atoms with Crippen molar-refractivity contribution in [2.24, 2.45) is 0 Å². The molecule has 6 nitrogen and oxygen atoms in total. The number of nitrogens with one attached hydrogen (secondary N) is 2. The molecule has 0 spiro atoms. The molecule has 108 valence electrons. The Morgan fingerprint density at radius 3 is 2.67 bits per heavy atom. The van der Waals surface area contributed by atoms with Crippen molar-refractivity contribution in [3.05, 3.63) is 63.0 Å². The maximum Gasteiger partial charge on any atom is 0.340 e. The van der Waals surface area contributed by atoms with Gasteiger partial charge in [0.15, 0.2) is 0 Å². The summed E-state index contributed by atoms with van der Waals surface area (Å²) in [5.74, 6) is -1.19. The van der Waals surface area contributed by atoms with Crippen LogP contribution in [-0.2, 0) is 4.74 Å². The third kappa shape index (κ3) is 3.49. The highest BCUT2D eigenvalue weighted by Gasteiger charge is 2.15. The molecular formula is C14H11ClN2O4. The van der Waals surface area contributed by atoms with E-state index in [1.54, 1.807) is 0 Å². The third-order valence-electron chi connectivity index (χ3n) is 2.65. The highest BCUT2D eigenvalue weighted by Crippen LogP contribution is 2.22. The fourth-order valence-corrected chi connectivity index (χ4v) is 1.85. The first-order chi connectivity index (χ1) is 10.0. The van der Waals surface area contributed by atoms with Crippen molar-refractivity contribution in [1.29, 1.82) is 0 Å². The van der Waals surface area contributed by atoms with E-state index in [-0.39, 0.29) is 16.9 Å². The highest BCUT2D eigenvalue weighted by molar-refractivity contribution is 6.31. The number of halogens is 1. The van der Waals surface area contributed by atoms with Crippen molar-refractivity contribution in [2.45, 2.75) is 0 Å². The number of pyridine rings is 1. The number of hydrogen-bond donors (Lipinski definition) is 2. The summed E-state index contributed by atoms with van der Waals surface area (Å²) < 4.78 is 4.63. The van der Waals surface area contributed by atoms with Gasteiger partial charge in [-0.1, -0.05) is 17.7 Å². The van der Waals surface area contributed by atoms with Gasteiger partial charge < -0.3 is 15.0 Å². The molecule has 0 unspecified atom stereocenters. The van der Waals surface area contributed by atoms with Crippen LogP contribution in [0, 0.1) is 0 Å². The maximum absolute atomic E-state index is 12.0. The number of carbonyl (C=O) groups excluding carboxylic acids is 2. The Hall–Kier alpha value is -2.60. The summed E-state index contributed by atoms with van der Waals surface area (Å²) in [6.07, 6.45) is 0. The van der Waals surface area contributed by atoms with Gasteiger partial charge in [-0.15, -0.1) is 0 Å². The van der Waals surface area contributed by atoms with Crippen LogP contribution in [-0.4, -0.2) is 24.0 Å². The van der Waals surface area contributed by atoms with E-state index in [0.29, 0.717) is 5.02 Å². The van der Waals surface area contributed by atoms with Gasteiger partial charge in [-0.2, -0.15) is 0 Å².